The van der Waals surface area contributed by atoms with E-state index < -0.39 is 0 Å². The van der Waals surface area contributed by atoms with Crippen LogP contribution in [-0.2, 0) is 38.0 Å². The Morgan fingerprint density at radius 2 is 1.76 bits per heavy atom. The van der Waals surface area contributed by atoms with Crippen LogP contribution in [0.1, 0.15) is 124 Å². The topological polar surface area (TPSA) is 89.5 Å². The fourth-order valence-electron chi connectivity index (χ4n) is 7.97. The summed E-state index contributed by atoms with van der Waals surface area (Å²) >= 11 is 0. The van der Waals surface area contributed by atoms with E-state index in [1.807, 2.05) is 0 Å². The third kappa shape index (κ3) is 11.2. The van der Waals surface area contributed by atoms with Crippen LogP contribution < -0.4 is 0 Å². The highest BCUT2D eigenvalue weighted by Gasteiger charge is 2.46. The maximum absolute atomic E-state index is 12.2. The van der Waals surface area contributed by atoms with Gasteiger partial charge in [-0.15, -0.1) is 0 Å². The standard InChI is InChI=1S/C37H60O8/c1-5-14-28-21-22-37(3,26-28)33(45-36-18-11-13-24-42-36)20-19-30-29(15-8-6-7-9-16-34(39)40-4)31(43-27(2)38)25-32(30)44-35-17-10-12-23-41-35/h6,8,19-20,28-33,35-36H,5,7,9-18,21-26H2,1-4H3/b8-6-,20-19+/t28?,29-,30-,31+,32-,33-,35?,36?,37?/m1/s1. The Hall–Kier alpha value is -1.74. The van der Waals surface area contributed by atoms with Crippen molar-refractivity contribution in [3.8, 4) is 0 Å². The van der Waals surface area contributed by atoms with E-state index in [-0.39, 0.29) is 60.1 Å². The second-order valence-corrected chi connectivity index (χ2v) is 14.1. The van der Waals surface area contributed by atoms with Crippen LogP contribution in [0, 0.1) is 23.2 Å². The zero-order valence-corrected chi connectivity index (χ0v) is 28.4. The number of carbonyl (C=O) groups is 2. The molecular formula is C37H60O8. The van der Waals surface area contributed by atoms with Gasteiger partial charge in [0.25, 0.3) is 0 Å². The van der Waals surface area contributed by atoms with Crippen LogP contribution >= 0.6 is 0 Å². The minimum absolute atomic E-state index is 0.0365. The van der Waals surface area contributed by atoms with Gasteiger partial charge in [-0.2, -0.15) is 0 Å². The Morgan fingerprint density at radius 3 is 2.42 bits per heavy atom. The van der Waals surface area contributed by atoms with Gasteiger partial charge in [-0.3, -0.25) is 9.59 Å². The Balaban J connectivity index is 1.56. The zero-order valence-electron chi connectivity index (χ0n) is 28.4. The highest BCUT2D eigenvalue weighted by Crippen LogP contribution is 2.48. The lowest BCUT2D eigenvalue weighted by Gasteiger charge is -2.37. The van der Waals surface area contributed by atoms with Crippen molar-refractivity contribution < 1.29 is 38.0 Å². The molecule has 0 aromatic heterocycles. The van der Waals surface area contributed by atoms with Crippen LogP contribution in [0.3, 0.4) is 0 Å². The largest absolute Gasteiger partial charge is 0.469 e. The molecule has 0 bridgehead atoms. The van der Waals surface area contributed by atoms with E-state index in [2.05, 4.69) is 38.2 Å². The van der Waals surface area contributed by atoms with Crippen LogP contribution in [0.2, 0.25) is 0 Å². The van der Waals surface area contributed by atoms with E-state index in [0.717, 1.165) is 89.8 Å². The van der Waals surface area contributed by atoms with Gasteiger partial charge in [0.1, 0.15) is 6.10 Å². The molecular weight excluding hydrogens is 572 g/mol. The molecule has 2 saturated heterocycles. The van der Waals surface area contributed by atoms with Gasteiger partial charge in [0.05, 0.1) is 19.3 Å². The first-order valence-corrected chi connectivity index (χ1v) is 17.9. The molecule has 256 valence electrons. The normalized spacial score (nSPS) is 34.8. The SMILES string of the molecule is CCCC1CCC(C)([C@@H](/C=C/[C@@H]2[C@@H](C/C=C\CCCC(=O)OC)[C@@H](OC(C)=O)C[C@H]2OC2CCCCO2)OC2CCCCO2)C1. The molecule has 4 unspecified atom stereocenters. The average molecular weight is 633 g/mol. The van der Waals surface area contributed by atoms with Crippen LogP contribution in [-0.4, -0.2) is 63.2 Å². The number of carbonyl (C=O) groups excluding carboxylic acids is 2. The lowest BCUT2D eigenvalue weighted by Crippen LogP contribution is -2.37. The predicted octanol–water partition coefficient (Wildman–Crippen LogP) is 7.83. The second kappa shape index (κ2) is 18.6. The third-order valence-electron chi connectivity index (χ3n) is 10.4. The van der Waals surface area contributed by atoms with Gasteiger partial charge in [-0.25, -0.2) is 0 Å². The van der Waals surface area contributed by atoms with Gasteiger partial charge in [-0.05, 0) is 88.4 Å². The minimum atomic E-state index is -0.263. The molecule has 0 aromatic rings. The molecule has 8 heteroatoms. The molecule has 4 rings (SSSR count). The summed E-state index contributed by atoms with van der Waals surface area (Å²) in [7, 11) is 1.42. The molecule has 0 N–H and O–H groups in total. The number of methoxy groups -OCH3 is 1. The van der Waals surface area contributed by atoms with Crippen molar-refractivity contribution in [2.24, 2.45) is 23.2 Å². The van der Waals surface area contributed by atoms with Crippen LogP contribution in [0.4, 0.5) is 0 Å². The van der Waals surface area contributed by atoms with Crippen LogP contribution in [0.25, 0.3) is 0 Å². The van der Waals surface area contributed by atoms with Gasteiger partial charge < -0.3 is 28.4 Å². The first kappa shape index (κ1) is 36.1. The summed E-state index contributed by atoms with van der Waals surface area (Å²) in [6, 6.07) is 0. The Morgan fingerprint density at radius 1 is 1.00 bits per heavy atom. The molecule has 9 atom stereocenters. The summed E-state index contributed by atoms with van der Waals surface area (Å²) in [4.78, 5) is 23.8. The maximum Gasteiger partial charge on any atom is 0.305 e. The van der Waals surface area contributed by atoms with Crippen molar-refractivity contribution in [1.82, 2.24) is 0 Å². The number of allylic oxidation sites excluding steroid dienone is 2. The molecule has 0 radical (unpaired) electrons. The monoisotopic (exact) mass is 632 g/mol. The van der Waals surface area contributed by atoms with Gasteiger partial charge in [0, 0.05) is 44.8 Å². The van der Waals surface area contributed by atoms with Crippen LogP contribution in [0.5, 0.6) is 0 Å². The van der Waals surface area contributed by atoms with Crippen molar-refractivity contribution in [2.75, 3.05) is 20.3 Å². The summed E-state index contributed by atoms with van der Waals surface area (Å²) < 4.78 is 36.3. The van der Waals surface area contributed by atoms with Crippen molar-refractivity contribution in [3.05, 3.63) is 24.3 Å². The first-order valence-electron chi connectivity index (χ1n) is 17.9. The number of hydrogen-bond acceptors (Lipinski definition) is 8. The zero-order chi connectivity index (χ0) is 32.1. The molecule has 4 fully saturated rings. The molecule has 0 amide bonds. The van der Waals surface area contributed by atoms with Crippen molar-refractivity contribution in [3.63, 3.8) is 0 Å². The predicted molar refractivity (Wildman–Crippen MR) is 173 cm³/mol. The summed E-state index contributed by atoms with van der Waals surface area (Å²) in [6.07, 6.45) is 23.7. The van der Waals surface area contributed by atoms with E-state index in [4.69, 9.17) is 28.4 Å². The molecule has 4 aliphatic rings. The maximum atomic E-state index is 12.2. The molecule has 0 aromatic carbocycles. The summed E-state index contributed by atoms with van der Waals surface area (Å²) in [5, 5.41) is 0. The Kier molecular flexibility index (Phi) is 14.9. The molecule has 2 aliphatic heterocycles. The molecule has 8 nitrogen and oxygen atoms in total. The van der Waals surface area contributed by atoms with Crippen LogP contribution in [0.15, 0.2) is 24.3 Å². The molecule has 2 saturated carbocycles. The van der Waals surface area contributed by atoms with E-state index in [1.54, 1.807) is 0 Å². The number of ether oxygens (including phenoxy) is 6. The fraction of sp³-hybridized carbons (Fsp3) is 0.838. The summed E-state index contributed by atoms with van der Waals surface area (Å²) in [5.74, 6) is 0.390. The van der Waals surface area contributed by atoms with E-state index in [1.165, 1.54) is 33.3 Å². The molecule has 2 heterocycles. The number of esters is 2. The molecule has 0 spiro atoms. The quantitative estimate of drug-likeness (QED) is 0.0966. The number of hydrogen-bond donors (Lipinski definition) is 0. The van der Waals surface area contributed by atoms with Gasteiger partial charge in [-0.1, -0.05) is 51.0 Å². The highest BCUT2D eigenvalue weighted by molar-refractivity contribution is 5.69. The van der Waals surface area contributed by atoms with Crippen molar-refractivity contribution in [1.29, 1.82) is 0 Å². The average Bonchev–Trinajstić information content (AvgIpc) is 3.57. The Bertz CT molecular complexity index is 952. The van der Waals surface area contributed by atoms with Gasteiger partial charge in [0.15, 0.2) is 12.6 Å². The third-order valence-corrected chi connectivity index (χ3v) is 10.4. The smallest absolute Gasteiger partial charge is 0.305 e. The second-order valence-electron chi connectivity index (χ2n) is 14.1. The fourth-order valence-corrected chi connectivity index (χ4v) is 7.97. The van der Waals surface area contributed by atoms with Gasteiger partial charge in [0.2, 0.25) is 0 Å². The number of rotatable bonds is 16. The van der Waals surface area contributed by atoms with Gasteiger partial charge >= 0.3 is 11.9 Å². The molecule has 45 heavy (non-hydrogen) atoms. The summed E-state index contributed by atoms with van der Waals surface area (Å²) in [5.41, 5.74) is 0.0445. The lowest BCUT2D eigenvalue weighted by molar-refractivity contribution is -0.199. The summed E-state index contributed by atoms with van der Waals surface area (Å²) in [6.45, 7) is 7.65. The van der Waals surface area contributed by atoms with Crippen molar-refractivity contribution >= 4 is 11.9 Å². The van der Waals surface area contributed by atoms with Crippen molar-refractivity contribution in [2.45, 2.75) is 154 Å². The first-order chi connectivity index (χ1) is 21.8. The Labute approximate surface area is 271 Å². The minimum Gasteiger partial charge on any atom is -0.469 e. The lowest BCUT2D eigenvalue weighted by atomic mass is 9.79. The van der Waals surface area contributed by atoms with E-state index in [0.29, 0.717) is 12.8 Å². The number of unbranched alkanes of at least 4 members (excludes halogenated alkanes) is 1. The molecule has 2 aliphatic carbocycles. The van der Waals surface area contributed by atoms with E-state index >= 15 is 0 Å². The highest BCUT2D eigenvalue weighted by atomic mass is 16.7. The van der Waals surface area contributed by atoms with E-state index in [9.17, 15) is 9.59 Å².